The van der Waals surface area contributed by atoms with Crippen LogP contribution in [0.1, 0.15) is 131 Å². The maximum atomic E-state index is 12.7. The van der Waals surface area contributed by atoms with Crippen LogP contribution in [-0.4, -0.2) is 11.1 Å². The Bertz CT molecular complexity index is 1180. The van der Waals surface area contributed by atoms with Gasteiger partial charge in [-0.2, -0.15) is 0 Å². The van der Waals surface area contributed by atoms with Crippen LogP contribution in [0.25, 0.3) is 11.1 Å². The van der Waals surface area contributed by atoms with Crippen molar-refractivity contribution in [2.24, 2.45) is 0 Å². The van der Waals surface area contributed by atoms with Crippen molar-refractivity contribution in [3.63, 3.8) is 0 Å². The highest BCUT2D eigenvalue weighted by molar-refractivity contribution is 5.88. The summed E-state index contributed by atoms with van der Waals surface area (Å²) in [5, 5.41) is 11.9. The van der Waals surface area contributed by atoms with Gasteiger partial charge in [0.1, 0.15) is 11.5 Å². The molecule has 2 aromatic rings. The first-order chi connectivity index (χ1) is 17.4. The molecule has 0 radical (unpaired) electrons. The molecule has 0 aromatic heterocycles. The molecule has 0 spiro atoms. The normalized spacial score (nSPS) is 12.9. The molecule has 0 fully saturated rings. The minimum atomic E-state index is -0.499. The monoisotopic (exact) mass is 520 g/mol. The van der Waals surface area contributed by atoms with Gasteiger partial charge < -0.3 is 9.84 Å². The molecule has 0 unspecified atom stereocenters. The lowest BCUT2D eigenvalue weighted by atomic mass is 9.72. The minimum absolute atomic E-state index is 0.0925. The summed E-state index contributed by atoms with van der Waals surface area (Å²) in [6, 6.07) is 8.62. The number of benzene rings is 2. The Labute approximate surface area is 232 Å². The lowest BCUT2D eigenvalue weighted by Gasteiger charge is -2.33. The second-order valence-electron chi connectivity index (χ2n) is 13.4. The van der Waals surface area contributed by atoms with Crippen LogP contribution in [0.3, 0.4) is 0 Å². The van der Waals surface area contributed by atoms with E-state index in [4.69, 9.17) is 4.74 Å². The molecule has 0 atom stereocenters. The van der Waals surface area contributed by atoms with E-state index in [1.165, 1.54) is 17.2 Å². The molecule has 2 rings (SSSR count). The average molecular weight is 521 g/mol. The third kappa shape index (κ3) is 6.19. The van der Waals surface area contributed by atoms with Crippen LogP contribution in [0.15, 0.2) is 36.9 Å². The van der Waals surface area contributed by atoms with Crippen LogP contribution in [0.4, 0.5) is 0 Å². The summed E-state index contributed by atoms with van der Waals surface area (Å²) in [6.07, 6.45) is 4.86. The zero-order chi connectivity index (χ0) is 29.3. The Morgan fingerprint density at radius 1 is 0.711 bits per heavy atom. The fraction of sp³-hybridized carbons (Fsp3) is 0.571. The summed E-state index contributed by atoms with van der Waals surface area (Å²) in [4.78, 5) is 12.7. The van der Waals surface area contributed by atoms with E-state index in [0.717, 1.165) is 42.4 Å². The highest BCUT2D eigenvalue weighted by Crippen LogP contribution is 2.50. The quantitative estimate of drug-likeness (QED) is 0.182. The first-order valence-electron chi connectivity index (χ1n) is 14.3. The summed E-state index contributed by atoms with van der Waals surface area (Å²) in [5.41, 5.74) is 5.02. The first kappa shape index (κ1) is 31.7. The molecule has 38 heavy (non-hydrogen) atoms. The molecule has 0 heterocycles. The highest BCUT2D eigenvalue weighted by Gasteiger charge is 2.34. The van der Waals surface area contributed by atoms with Gasteiger partial charge in [-0.25, -0.2) is 4.79 Å². The zero-order valence-corrected chi connectivity index (χ0v) is 26.2. The topological polar surface area (TPSA) is 46.5 Å². The molecule has 0 aliphatic heterocycles. The predicted octanol–water partition coefficient (Wildman–Crippen LogP) is 9.90. The second-order valence-corrected chi connectivity index (χ2v) is 13.4. The van der Waals surface area contributed by atoms with Gasteiger partial charge in [0, 0.05) is 28.3 Å². The van der Waals surface area contributed by atoms with Gasteiger partial charge in [0.05, 0.1) is 0 Å². The van der Waals surface area contributed by atoms with Gasteiger partial charge in [0.2, 0.25) is 0 Å². The predicted molar refractivity (Wildman–Crippen MR) is 163 cm³/mol. The smallest absolute Gasteiger partial charge is 0.335 e. The van der Waals surface area contributed by atoms with E-state index in [2.05, 4.69) is 114 Å². The molecule has 0 aliphatic rings. The summed E-state index contributed by atoms with van der Waals surface area (Å²) < 4.78 is 6.06. The molecule has 0 saturated carbocycles. The average Bonchev–Trinajstić information content (AvgIpc) is 2.88. The van der Waals surface area contributed by atoms with Crippen molar-refractivity contribution in [1.82, 2.24) is 0 Å². The minimum Gasteiger partial charge on any atom is -0.507 e. The Balaban J connectivity index is 3.23. The fourth-order valence-electron chi connectivity index (χ4n) is 4.51. The van der Waals surface area contributed by atoms with Crippen molar-refractivity contribution in [3.8, 4) is 22.6 Å². The lowest BCUT2D eigenvalue weighted by Crippen LogP contribution is -2.23. The van der Waals surface area contributed by atoms with E-state index in [-0.39, 0.29) is 27.4 Å². The first-order valence-corrected chi connectivity index (χ1v) is 14.3. The zero-order valence-electron chi connectivity index (χ0n) is 26.2. The number of phenols is 1. The number of rotatable bonds is 11. The fourth-order valence-corrected chi connectivity index (χ4v) is 4.51. The molecule has 0 saturated heterocycles. The van der Waals surface area contributed by atoms with Crippen molar-refractivity contribution in [2.45, 2.75) is 130 Å². The number of hydrogen-bond acceptors (Lipinski definition) is 3. The molecule has 0 bridgehead atoms. The van der Waals surface area contributed by atoms with Gasteiger partial charge in [-0.1, -0.05) is 102 Å². The van der Waals surface area contributed by atoms with Gasteiger partial charge in [-0.3, -0.25) is 0 Å². The van der Waals surface area contributed by atoms with Crippen molar-refractivity contribution in [2.75, 3.05) is 0 Å². The van der Waals surface area contributed by atoms with Crippen LogP contribution >= 0.6 is 0 Å². The standard InChI is InChI=1S/C35H52O3/c1-14-29(36)38-31-26(20-24(33(8,9)16-3)22-28(31)35(12,13)18-5)25-19-23(32(6,7)15-2)21-27(30(25)37)34(10,11)17-4/h14,19-22,37H,1,15-18H2,2-13H3. The largest absolute Gasteiger partial charge is 0.507 e. The molecule has 0 amide bonds. The lowest BCUT2D eigenvalue weighted by molar-refractivity contribution is -0.129. The van der Waals surface area contributed by atoms with Gasteiger partial charge in [0.15, 0.2) is 0 Å². The van der Waals surface area contributed by atoms with E-state index in [9.17, 15) is 9.90 Å². The third-order valence-corrected chi connectivity index (χ3v) is 9.42. The van der Waals surface area contributed by atoms with Crippen LogP contribution in [0, 0.1) is 0 Å². The Hall–Kier alpha value is -2.55. The Kier molecular flexibility index (Phi) is 9.40. The summed E-state index contributed by atoms with van der Waals surface area (Å²) in [6.45, 7) is 30.0. The molecule has 0 aliphatic carbocycles. The number of carbonyl (C=O) groups is 1. The molecule has 2 aromatic carbocycles. The second kappa shape index (κ2) is 11.3. The maximum Gasteiger partial charge on any atom is 0.335 e. The summed E-state index contributed by atoms with van der Waals surface area (Å²) in [5.74, 6) is 0.273. The number of esters is 1. The highest BCUT2D eigenvalue weighted by atomic mass is 16.5. The van der Waals surface area contributed by atoms with Crippen LogP contribution in [0.5, 0.6) is 11.5 Å². The van der Waals surface area contributed by atoms with Crippen molar-refractivity contribution < 1.29 is 14.6 Å². The summed E-state index contributed by atoms with van der Waals surface area (Å²) >= 11 is 0. The van der Waals surface area contributed by atoms with Crippen molar-refractivity contribution in [1.29, 1.82) is 0 Å². The van der Waals surface area contributed by atoms with Gasteiger partial charge >= 0.3 is 5.97 Å². The van der Waals surface area contributed by atoms with Crippen LogP contribution in [-0.2, 0) is 26.5 Å². The van der Waals surface area contributed by atoms with Crippen LogP contribution < -0.4 is 4.74 Å². The van der Waals surface area contributed by atoms with E-state index >= 15 is 0 Å². The molecular weight excluding hydrogens is 468 g/mol. The van der Waals surface area contributed by atoms with Gasteiger partial charge in [-0.15, -0.1) is 0 Å². The van der Waals surface area contributed by atoms with E-state index in [1.807, 2.05) is 0 Å². The van der Waals surface area contributed by atoms with Gasteiger partial charge in [-0.05, 0) is 70.6 Å². The third-order valence-electron chi connectivity index (χ3n) is 9.42. The Morgan fingerprint density at radius 3 is 1.53 bits per heavy atom. The number of phenolic OH excluding ortho intramolecular Hbond substituents is 1. The van der Waals surface area contributed by atoms with E-state index < -0.39 is 5.97 Å². The van der Waals surface area contributed by atoms with Crippen LogP contribution in [0.2, 0.25) is 0 Å². The number of ether oxygens (including phenoxy) is 1. The SMILES string of the molecule is C=CC(=O)Oc1c(-c2cc(C(C)(C)CC)cc(C(C)(C)CC)c2O)cc(C(C)(C)CC)cc1C(C)(C)CC. The molecular formula is C35H52O3. The molecule has 3 heteroatoms. The van der Waals surface area contributed by atoms with E-state index in [1.54, 1.807) is 0 Å². The molecule has 3 nitrogen and oxygen atoms in total. The van der Waals surface area contributed by atoms with Gasteiger partial charge in [0.25, 0.3) is 0 Å². The number of hydrogen-bond donors (Lipinski definition) is 1. The number of aromatic hydroxyl groups is 1. The maximum absolute atomic E-state index is 12.7. The molecule has 210 valence electrons. The van der Waals surface area contributed by atoms with Crippen molar-refractivity contribution >= 4 is 5.97 Å². The Morgan fingerprint density at radius 2 is 1.11 bits per heavy atom. The molecule has 1 N–H and O–H groups in total. The van der Waals surface area contributed by atoms with E-state index in [0.29, 0.717) is 11.3 Å². The summed E-state index contributed by atoms with van der Waals surface area (Å²) in [7, 11) is 0. The number of carbonyl (C=O) groups excluding carboxylic acids is 1. The van der Waals surface area contributed by atoms with Crippen molar-refractivity contribution in [3.05, 3.63) is 59.2 Å².